The molecule has 0 aromatic carbocycles. The number of aromatic nitrogens is 2. The minimum Gasteiger partial charge on any atom is -0.490 e. The fourth-order valence-corrected chi connectivity index (χ4v) is 3.43. The van der Waals surface area contributed by atoms with E-state index < -0.39 is 6.35 Å². The van der Waals surface area contributed by atoms with Gasteiger partial charge in [0.2, 0.25) is 12.3 Å². The van der Waals surface area contributed by atoms with E-state index in [4.69, 9.17) is 9.47 Å². The molecule has 2 N–H and O–H groups in total. The molecule has 2 aromatic heterocycles. The van der Waals surface area contributed by atoms with Gasteiger partial charge in [0.1, 0.15) is 41.3 Å². The number of nitrogens with zero attached hydrogens (tertiary/aromatic N) is 6. The summed E-state index contributed by atoms with van der Waals surface area (Å²) >= 11 is 0. The van der Waals surface area contributed by atoms with Crippen LogP contribution in [0.25, 0.3) is 0 Å². The minimum absolute atomic E-state index is 0.00287. The summed E-state index contributed by atoms with van der Waals surface area (Å²) in [5, 5.41) is 22.7. The number of anilines is 2. The number of nitrogens with one attached hydrogen (secondary N) is 1. The van der Waals surface area contributed by atoms with Crippen LogP contribution in [-0.2, 0) is 16.1 Å². The maximum Gasteiger partial charge on any atom is 0.237 e. The van der Waals surface area contributed by atoms with Crippen molar-refractivity contribution < 1.29 is 24.2 Å². The van der Waals surface area contributed by atoms with Gasteiger partial charge in [-0.3, -0.25) is 14.5 Å². The highest BCUT2D eigenvalue weighted by atomic mass is 16.5. The Bertz CT molecular complexity index is 1090. The van der Waals surface area contributed by atoms with E-state index in [1.807, 2.05) is 18.0 Å². The monoisotopic (exact) mass is 483 g/mol. The van der Waals surface area contributed by atoms with E-state index in [0.29, 0.717) is 49.7 Å². The van der Waals surface area contributed by atoms with Crippen molar-refractivity contribution in [3.63, 3.8) is 0 Å². The van der Waals surface area contributed by atoms with Crippen LogP contribution in [0.15, 0.2) is 24.4 Å². The molecule has 3 heterocycles. The van der Waals surface area contributed by atoms with E-state index in [9.17, 15) is 20.0 Å². The zero-order chi connectivity index (χ0) is 25.4. The molecule has 186 valence electrons. The molecule has 0 spiro atoms. The van der Waals surface area contributed by atoms with E-state index in [-0.39, 0.29) is 29.6 Å². The number of piperazine rings is 1. The number of methoxy groups -OCH3 is 1. The molecule has 2 aromatic rings. The molecular weight excluding hydrogens is 454 g/mol. The normalized spacial score (nSPS) is 14.8. The van der Waals surface area contributed by atoms with Gasteiger partial charge in [-0.2, -0.15) is 5.26 Å². The van der Waals surface area contributed by atoms with Crippen LogP contribution < -0.4 is 15.0 Å². The maximum atomic E-state index is 12.3. The van der Waals surface area contributed by atoms with E-state index in [1.54, 1.807) is 31.2 Å². The molecule has 0 aliphatic carbocycles. The minimum atomic E-state index is -1.25. The molecular formula is C23H29N7O5. The van der Waals surface area contributed by atoms with Crippen LogP contribution in [-0.4, -0.2) is 97.5 Å². The van der Waals surface area contributed by atoms with Crippen molar-refractivity contribution in [2.24, 2.45) is 0 Å². The van der Waals surface area contributed by atoms with Gasteiger partial charge in [0.05, 0.1) is 19.3 Å². The molecule has 1 aliphatic heterocycles. The number of hydrogen-bond donors (Lipinski definition) is 2. The van der Waals surface area contributed by atoms with Crippen LogP contribution in [0.1, 0.15) is 21.6 Å². The summed E-state index contributed by atoms with van der Waals surface area (Å²) in [4.78, 5) is 37.5. The average Bonchev–Trinajstić information content (AvgIpc) is 2.85. The smallest absolute Gasteiger partial charge is 0.237 e. The Labute approximate surface area is 203 Å². The lowest BCUT2D eigenvalue weighted by Gasteiger charge is -2.32. The zero-order valence-electron chi connectivity index (χ0n) is 20.0. The van der Waals surface area contributed by atoms with E-state index >= 15 is 0 Å². The van der Waals surface area contributed by atoms with Crippen molar-refractivity contribution in [3.05, 3.63) is 41.2 Å². The van der Waals surface area contributed by atoms with Crippen LogP contribution >= 0.6 is 0 Å². The van der Waals surface area contributed by atoms with Crippen molar-refractivity contribution in [1.82, 2.24) is 19.8 Å². The molecule has 12 nitrogen and oxygen atoms in total. The summed E-state index contributed by atoms with van der Waals surface area (Å²) in [6.45, 7) is 2.57. The number of aliphatic hydroxyl groups is 1. The molecule has 1 saturated heterocycles. The number of pyridine rings is 2. The van der Waals surface area contributed by atoms with Gasteiger partial charge in [-0.25, -0.2) is 9.97 Å². The number of aldehydes is 1. The lowest BCUT2D eigenvalue weighted by Crippen LogP contribution is -2.48. The topological polar surface area (TPSA) is 144 Å². The van der Waals surface area contributed by atoms with E-state index in [2.05, 4.69) is 15.3 Å². The van der Waals surface area contributed by atoms with Gasteiger partial charge in [0.25, 0.3) is 0 Å². The Morgan fingerprint density at radius 2 is 2.17 bits per heavy atom. The Morgan fingerprint density at radius 3 is 2.86 bits per heavy atom. The predicted octanol–water partition coefficient (Wildman–Crippen LogP) is 0.284. The fourth-order valence-electron chi connectivity index (χ4n) is 3.43. The number of amides is 1. The van der Waals surface area contributed by atoms with Crippen LogP contribution in [0, 0.1) is 11.3 Å². The quantitative estimate of drug-likeness (QED) is 0.258. The molecule has 0 radical (unpaired) electrons. The Morgan fingerprint density at radius 1 is 1.37 bits per heavy atom. The number of ether oxygens (including phenoxy) is 2. The van der Waals surface area contributed by atoms with Gasteiger partial charge in [-0.05, 0) is 13.1 Å². The van der Waals surface area contributed by atoms with Crippen molar-refractivity contribution >= 4 is 23.8 Å². The molecule has 1 amide bonds. The number of nitriles is 1. The summed E-state index contributed by atoms with van der Waals surface area (Å²) in [7, 11) is 5.03. The largest absolute Gasteiger partial charge is 0.490 e. The molecule has 1 fully saturated rings. The van der Waals surface area contributed by atoms with E-state index in [0.717, 1.165) is 6.54 Å². The molecule has 1 atom stereocenters. The molecule has 0 bridgehead atoms. The van der Waals surface area contributed by atoms with Crippen molar-refractivity contribution in [1.29, 1.82) is 5.26 Å². The summed E-state index contributed by atoms with van der Waals surface area (Å²) in [5.41, 5.74) is 1.07. The first-order chi connectivity index (χ1) is 16.9. The van der Waals surface area contributed by atoms with Crippen molar-refractivity contribution in [2.45, 2.75) is 12.9 Å². The van der Waals surface area contributed by atoms with Crippen LogP contribution in [0.4, 0.5) is 11.6 Å². The van der Waals surface area contributed by atoms with Gasteiger partial charge in [0, 0.05) is 45.4 Å². The van der Waals surface area contributed by atoms with Gasteiger partial charge >= 0.3 is 0 Å². The van der Waals surface area contributed by atoms with Gasteiger partial charge in [-0.15, -0.1) is 0 Å². The highest BCUT2D eigenvalue weighted by Gasteiger charge is 2.23. The second-order valence-corrected chi connectivity index (χ2v) is 8.03. The molecule has 3 rings (SSSR count). The zero-order valence-corrected chi connectivity index (χ0v) is 20.0. The Balaban J connectivity index is 1.70. The highest BCUT2D eigenvalue weighted by molar-refractivity contribution is 5.80. The molecule has 1 unspecified atom stereocenters. The fraction of sp³-hybridized carbons (Fsp3) is 0.435. The Kier molecular flexibility index (Phi) is 8.91. The van der Waals surface area contributed by atoms with Crippen LogP contribution in [0.5, 0.6) is 5.75 Å². The number of carbonyl (C=O) groups is 2. The number of rotatable bonds is 11. The molecule has 1 aliphatic rings. The SMILES string of the molecule is COCCOc1cc(NC(O)N(C)c2ccc(CN3CCN(C)CC3=O)c(C=O)n2)ncc1C#N. The maximum absolute atomic E-state index is 12.3. The highest BCUT2D eigenvalue weighted by Crippen LogP contribution is 2.22. The van der Waals surface area contributed by atoms with Crippen LogP contribution in [0.3, 0.4) is 0 Å². The number of aliphatic hydroxyl groups excluding tert-OH is 1. The number of hydrogen-bond acceptors (Lipinski definition) is 11. The van der Waals surface area contributed by atoms with Gasteiger partial charge in [0.15, 0.2) is 6.29 Å². The van der Waals surface area contributed by atoms with Gasteiger partial charge < -0.3 is 29.7 Å². The molecule has 0 saturated carbocycles. The standard InChI is InChI=1S/C23H29N7O5/c1-28-6-7-30(22(32)14-28)13-16-4-5-21(26-18(16)15-31)29(2)23(33)27-20-10-19(35-9-8-34-3)17(11-24)12-25-20/h4-5,10,12,15,23,33H,6-9,13-14H2,1-3H3,(H,25,27). The molecule has 35 heavy (non-hydrogen) atoms. The molecule has 12 heteroatoms. The predicted molar refractivity (Wildman–Crippen MR) is 127 cm³/mol. The number of carbonyl (C=O) groups excluding carboxylic acids is 2. The lowest BCUT2D eigenvalue weighted by molar-refractivity contribution is -0.136. The van der Waals surface area contributed by atoms with Crippen LogP contribution in [0.2, 0.25) is 0 Å². The van der Waals surface area contributed by atoms with Crippen molar-refractivity contribution in [3.8, 4) is 11.8 Å². The van der Waals surface area contributed by atoms with E-state index in [1.165, 1.54) is 17.2 Å². The summed E-state index contributed by atoms with van der Waals surface area (Å²) in [5.74, 6) is 0.917. The summed E-state index contributed by atoms with van der Waals surface area (Å²) in [6.07, 6.45) is 0.729. The second-order valence-electron chi connectivity index (χ2n) is 8.03. The van der Waals surface area contributed by atoms with Crippen molar-refractivity contribution in [2.75, 3.05) is 64.3 Å². The first kappa shape index (κ1) is 25.8. The Hall–Kier alpha value is -3.79. The average molecular weight is 484 g/mol. The second kappa shape index (κ2) is 12.1. The third kappa shape index (κ3) is 6.63. The number of likely N-dealkylation sites (N-methyl/N-ethyl adjacent to an activating group) is 1. The first-order valence-electron chi connectivity index (χ1n) is 11.0. The van der Waals surface area contributed by atoms with Gasteiger partial charge in [-0.1, -0.05) is 6.07 Å². The third-order valence-electron chi connectivity index (χ3n) is 5.52. The summed E-state index contributed by atoms with van der Waals surface area (Å²) < 4.78 is 10.5. The summed E-state index contributed by atoms with van der Waals surface area (Å²) in [6, 6.07) is 6.90. The third-order valence-corrected chi connectivity index (χ3v) is 5.52. The lowest BCUT2D eigenvalue weighted by atomic mass is 10.1. The first-order valence-corrected chi connectivity index (χ1v) is 11.0.